The first kappa shape index (κ1) is 25.2. The highest BCUT2D eigenvalue weighted by atomic mass is 35.5. The first-order chi connectivity index (χ1) is 16.7. The number of nitrogens with one attached hydrogen (secondary N) is 1. The molecule has 0 spiro atoms. The highest BCUT2D eigenvalue weighted by molar-refractivity contribution is 7.92. The molecule has 0 atom stereocenters. The lowest BCUT2D eigenvalue weighted by Crippen LogP contribution is -2.50. The van der Waals surface area contributed by atoms with E-state index in [-0.39, 0.29) is 17.4 Å². The number of ether oxygens (including phenoxy) is 1. The number of hydrogen-bond donors (Lipinski definition) is 1. The van der Waals surface area contributed by atoms with E-state index in [1.807, 2.05) is 25.1 Å². The number of aryl methyl sites for hydroxylation is 1. The number of amides is 1. The molecule has 0 aromatic heterocycles. The Bertz CT molecular complexity index is 1290. The van der Waals surface area contributed by atoms with Crippen LogP contribution in [0.15, 0.2) is 71.6 Å². The summed E-state index contributed by atoms with van der Waals surface area (Å²) >= 11 is 12.0. The number of carbonyl (C=O) groups is 1. The molecule has 7 nitrogen and oxygen atoms in total. The predicted octanol–water partition coefficient (Wildman–Crippen LogP) is 4.83. The molecule has 1 fully saturated rings. The van der Waals surface area contributed by atoms with Gasteiger partial charge in [-0.05, 0) is 73.2 Å². The molecule has 184 valence electrons. The van der Waals surface area contributed by atoms with Crippen molar-refractivity contribution < 1.29 is 17.9 Å². The van der Waals surface area contributed by atoms with Gasteiger partial charge in [-0.25, -0.2) is 8.42 Å². The van der Waals surface area contributed by atoms with E-state index in [0.717, 1.165) is 11.3 Å². The van der Waals surface area contributed by atoms with Crippen LogP contribution in [0.4, 0.5) is 11.4 Å². The van der Waals surface area contributed by atoms with E-state index in [9.17, 15) is 13.2 Å². The molecule has 1 heterocycles. The normalized spacial score (nSPS) is 14.0. The predicted molar refractivity (Wildman–Crippen MR) is 139 cm³/mol. The molecule has 10 heteroatoms. The van der Waals surface area contributed by atoms with Crippen LogP contribution in [0.5, 0.6) is 5.75 Å². The summed E-state index contributed by atoms with van der Waals surface area (Å²) in [6, 6.07) is 18.1. The van der Waals surface area contributed by atoms with Crippen LogP contribution in [0.3, 0.4) is 0 Å². The number of nitrogens with zero attached hydrogens (tertiary/aromatic N) is 2. The van der Waals surface area contributed by atoms with Crippen LogP contribution in [0.2, 0.25) is 10.0 Å². The SMILES string of the molecule is Cc1ccc(Cl)cc1N1CCN(C(=O)COc2ccc(S(=O)(=O)Nc3ccc(Cl)cc3)cc2)CC1. The van der Waals surface area contributed by atoms with Crippen LogP contribution < -0.4 is 14.4 Å². The molecule has 1 aliphatic rings. The van der Waals surface area contributed by atoms with Crippen molar-refractivity contribution in [1.82, 2.24) is 4.90 Å². The molecule has 1 aliphatic heterocycles. The van der Waals surface area contributed by atoms with Gasteiger partial charge in [0.05, 0.1) is 4.90 Å². The molecular weight excluding hydrogens is 509 g/mol. The summed E-state index contributed by atoms with van der Waals surface area (Å²) in [5, 5.41) is 1.21. The zero-order valence-corrected chi connectivity index (χ0v) is 21.4. The van der Waals surface area contributed by atoms with Crippen LogP contribution in [0, 0.1) is 6.92 Å². The quantitative estimate of drug-likeness (QED) is 0.470. The van der Waals surface area contributed by atoms with Crippen molar-refractivity contribution in [2.45, 2.75) is 11.8 Å². The van der Waals surface area contributed by atoms with Crippen molar-refractivity contribution in [1.29, 1.82) is 0 Å². The van der Waals surface area contributed by atoms with Gasteiger partial charge in [0.2, 0.25) is 0 Å². The van der Waals surface area contributed by atoms with Crippen molar-refractivity contribution in [3.05, 3.63) is 82.3 Å². The molecule has 3 aromatic rings. The minimum atomic E-state index is -3.76. The number of carbonyl (C=O) groups excluding carboxylic acids is 1. The van der Waals surface area contributed by atoms with Gasteiger partial charge in [-0.15, -0.1) is 0 Å². The molecule has 1 amide bonds. The second kappa shape index (κ2) is 10.8. The molecule has 0 saturated carbocycles. The molecule has 4 rings (SSSR count). The maximum absolute atomic E-state index is 12.6. The fourth-order valence-electron chi connectivity index (χ4n) is 3.80. The molecule has 0 radical (unpaired) electrons. The lowest BCUT2D eigenvalue weighted by atomic mass is 10.1. The highest BCUT2D eigenvalue weighted by Gasteiger charge is 2.23. The van der Waals surface area contributed by atoms with Gasteiger partial charge in [0.15, 0.2) is 6.61 Å². The third kappa shape index (κ3) is 6.39. The third-order valence-electron chi connectivity index (χ3n) is 5.74. The van der Waals surface area contributed by atoms with E-state index in [0.29, 0.717) is 47.7 Å². The van der Waals surface area contributed by atoms with Gasteiger partial charge in [0.25, 0.3) is 15.9 Å². The van der Waals surface area contributed by atoms with Crippen molar-refractivity contribution in [3.63, 3.8) is 0 Å². The summed E-state index contributed by atoms with van der Waals surface area (Å²) in [5.74, 6) is 0.297. The highest BCUT2D eigenvalue weighted by Crippen LogP contribution is 2.25. The number of rotatable bonds is 7. The van der Waals surface area contributed by atoms with E-state index < -0.39 is 10.0 Å². The second-order valence-corrected chi connectivity index (χ2v) is 10.7. The Morgan fingerprint density at radius 3 is 2.20 bits per heavy atom. The van der Waals surface area contributed by atoms with Gasteiger partial charge in [-0.1, -0.05) is 29.3 Å². The van der Waals surface area contributed by atoms with Crippen molar-refractivity contribution in [3.8, 4) is 5.75 Å². The minimum Gasteiger partial charge on any atom is -0.484 e. The van der Waals surface area contributed by atoms with Crippen molar-refractivity contribution in [2.75, 3.05) is 42.4 Å². The fourth-order valence-corrected chi connectivity index (χ4v) is 5.15. The van der Waals surface area contributed by atoms with E-state index in [1.165, 1.54) is 24.3 Å². The van der Waals surface area contributed by atoms with Gasteiger partial charge in [0.1, 0.15) is 5.75 Å². The lowest BCUT2D eigenvalue weighted by Gasteiger charge is -2.36. The van der Waals surface area contributed by atoms with Crippen LogP contribution >= 0.6 is 23.2 Å². The fraction of sp³-hybridized carbons (Fsp3) is 0.240. The van der Waals surface area contributed by atoms with E-state index >= 15 is 0 Å². The average molecular weight is 534 g/mol. The Balaban J connectivity index is 1.28. The molecule has 3 aromatic carbocycles. The molecule has 1 N–H and O–H groups in total. The zero-order valence-electron chi connectivity index (χ0n) is 19.1. The van der Waals surface area contributed by atoms with Gasteiger partial charge < -0.3 is 14.5 Å². The summed E-state index contributed by atoms with van der Waals surface area (Å²) in [7, 11) is -3.76. The Labute approximate surface area is 215 Å². The standard InChI is InChI=1S/C25H25Cl2N3O4S/c1-18-2-3-20(27)16-24(18)29-12-14-30(15-13-29)25(31)17-34-22-8-10-23(11-9-22)35(32,33)28-21-6-4-19(26)5-7-21/h2-11,16,28H,12-15,17H2,1H3. The largest absolute Gasteiger partial charge is 0.484 e. The zero-order chi connectivity index (χ0) is 25.0. The first-order valence-electron chi connectivity index (χ1n) is 11.0. The summed E-state index contributed by atoms with van der Waals surface area (Å²) in [6.45, 7) is 4.51. The van der Waals surface area contributed by atoms with Gasteiger partial charge in [0, 0.05) is 47.6 Å². The second-order valence-electron chi connectivity index (χ2n) is 8.17. The first-order valence-corrected chi connectivity index (χ1v) is 13.3. The maximum Gasteiger partial charge on any atom is 0.261 e. The van der Waals surface area contributed by atoms with Crippen LogP contribution in [0.25, 0.3) is 0 Å². The van der Waals surface area contributed by atoms with Crippen LogP contribution in [-0.4, -0.2) is 52.0 Å². The minimum absolute atomic E-state index is 0.0820. The summed E-state index contributed by atoms with van der Waals surface area (Å²) in [6.07, 6.45) is 0. The van der Waals surface area contributed by atoms with E-state index in [1.54, 1.807) is 29.2 Å². The Kier molecular flexibility index (Phi) is 7.74. The maximum atomic E-state index is 12.6. The number of hydrogen-bond acceptors (Lipinski definition) is 5. The molecule has 1 saturated heterocycles. The van der Waals surface area contributed by atoms with Gasteiger partial charge in [-0.2, -0.15) is 0 Å². The summed E-state index contributed by atoms with van der Waals surface area (Å²) in [4.78, 5) is 16.7. The smallest absolute Gasteiger partial charge is 0.261 e. The summed E-state index contributed by atoms with van der Waals surface area (Å²) < 4.78 is 33.3. The Morgan fingerprint density at radius 1 is 0.914 bits per heavy atom. The number of anilines is 2. The monoisotopic (exact) mass is 533 g/mol. The van der Waals surface area contributed by atoms with Crippen LogP contribution in [0.1, 0.15) is 5.56 Å². The van der Waals surface area contributed by atoms with Crippen LogP contribution in [-0.2, 0) is 14.8 Å². The average Bonchev–Trinajstić information content (AvgIpc) is 2.86. The van der Waals surface area contributed by atoms with E-state index in [4.69, 9.17) is 27.9 Å². The summed E-state index contributed by atoms with van der Waals surface area (Å²) in [5.41, 5.74) is 2.64. The molecule has 0 unspecified atom stereocenters. The van der Waals surface area contributed by atoms with Crippen molar-refractivity contribution in [2.24, 2.45) is 0 Å². The topological polar surface area (TPSA) is 79.0 Å². The third-order valence-corrected chi connectivity index (χ3v) is 7.62. The van der Waals surface area contributed by atoms with Crippen molar-refractivity contribution >= 4 is 50.5 Å². The molecular formula is C25H25Cl2N3O4S. The molecule has 0 aliphatic carbocycles. The number of sulfonamides is 1. The Morgan fingerprint density at radius 2 is 1.54 bits per heavy atom. The number of benzene rings is 3. The van der Waals surface area contributed by atoms with E-state index in [2.05, 4.69) is 9.62 Å². The Hall–Kier alpha value is -2.94. The van der Waals surface area contributed by atoms with Gasteiger partial charge >= 0.3 is 0 Å². The molecule has 35 heavy (non-hydrogen) atoms. The molecule has 0 bridgehead atoms. The number of halogens is 2. The number of piperazine rings is 1. The lowest BCUT2D eigenvalue weighted by molar-refractivity contribution is -0.133. The van der Waals surface area contributed by atoms with Gasteiger partial charge in [-0.3, -0.25) is 9.52 Å².